The van der Waals surface area contributed by atoms with Crippen LogP contribution in [0.2, 0.25) is 0 Å². The molecule has 0 radical (unpaired) electrons. The van der Waals surface area contributed by atoms with Crippen LogP contribution in [0.3, 0.4) is 0 Å². The van der Waals surface area contributed by atoms with Crippen LogP contribution in [0.1, 0.15) is 50.3 Å². The summed E-state index contributed by atoms with van der Waals surface area (Å²) in [5.41, 5.74) is 2.77. The summed E-state index contributed by atoms with van der Waals surface area (Å²) in [5, 5.41) is 2.86. The van der Waals surface area contributed by atoms with Crippen molar-refractivity contribution in [3.63, 3.8) is 0 Å². The van der Waals surface area contributed by atoms with E-state index in [2.05, 4.69) is 10.0 Å². The summed E-state index contributed by atoms with van der Waals surface area (Å²) in [6.07, 6.45) is 2.27. The van der Waals surface area contributed by atoms with Gasteiger partial charge in [-0.15, -0.1) is 0 Å². The molecule has 0 spiro atoms. The van der Waals surface area contributed by atoms with Gasteiger partial charge in [-0.1, -0.05) is 60.7 Å². The zero-order valence-corrected chi connectivity index (χ0v) is 23.8. The van der Waals surface area contributed by atoms with Gasteiger partial charge in [0.2, 0.25) is 15.9 Å². The smallest absolute Gasteiger partial charge is 0.310 e. The normalized spacial score (nSPS) is 16.2. The van der Waals surface area contributed by atoms with Crippen LogP contribution in [0.4, 0.5) is 11.4 Å². The summed E-state index contributed by atoms with van der Waals surface area (Å²) >= 11 is 0. The average Bonchev–Trinajstić information content (AvgIpc) is 2.97. The Kier molecular flexibility index (Phi) is 9.95. The zero-order valence-electron chi connectivity index (χ0n) is 23.0. The van der Waals surface area contributed by atoms with E-state index in [1.165, 1.54) is 6.07 Å². The first-order valence-electron chi connectivity index (χ1n) is 13.7. The van der Waals surface area contributed by atoms with Gasteiger partial charge in [0.1, 0.15) is 4.90 Å². The molecule has 2 N–H and O–H groups in total. The number of hydrogen-bond donors (Lipinski definition) is 2. The molecular formula is C31H37N3O5S. The lowest BCUT2D eigenvalue weighted by molar-refractivity contribution is -0.148. The lowest BCUT2D eigenvalue weighted by Crippen LogP contribution is -2.40. The molecule has 2 atom stereocenters. The van der Waals surface area contributed by atoms with E-state index in [4.69, 9.17) is 4.74 Å². The highest BCUT2D eigenvalue weighted by Crippen LogP contribution is 2.33. The molecular weight excluding hydrogens is 526 g/mol. The number of sulfonamides is 1. The van der Waals surface area contributed by atoms with Crippen LogP contribution in [0, 0.1) is 5.92 Å². The number of carbonyl (C=O) groups is 2. The molecule has 0 aromatic heterocycles. The van der Waals surface area contributed by atoms with Gasteiger partial charge in [0.25, 0.3) is 0 Å². The number of hydrogen-bond acceptors (Lipinski definition) is 6. The molecule has 1 aliphatic heterocycles. The molecule has 9 heteroatoms. The highest BCUT2D eigenvalue weighted by molar-refractivity contribution is 7.89. The average molecular weight is 564 g/mol. The molecule has 40 heavy (non-hydrogen) atoms. The standard InChI is InChI=1S/C31H37N3O5S/c1-3-39-31(36)26-15-10-20-34(22-26)28-18-17-27(32-30(35)19-16-24-11-6-4-7-12-24)21-29(28)40(37,38)33-23(2)25-13-8-5-9-14-25/h4-9,11-14,17-18,21,23,26,33H,3,10,15-16,19-20,22H2,1-2H3,(H,32,35)/t23-,26+/m1/s1. The molecule has 3 aromatic rings. The zero-order chi connectivity index (χ0) is 28.5. The summed E-state index contributed by atoms with van der Waals surface area (Å²) in [5.74, 6) is -0.807. The number of benzene rings is 3. The molecule has 1 heterocycles. The summed E-state index contributed by atoms with van der Waals surface area (Å²) in [6.45, 7) is 4.83. The van der Waals surface area contributed by atoms with Gasteiger partial charge in [0.05, 0.1) is 18.2 Å². The van der Waals surface area contributed by atoms with Crippen LogP contribution in [0.15, 0.2) is 83.8 Å². The topological polar surface area (TPSA) is 105 Å². The number of piperidine rings is 1. The second kappa shape index (κ2) is 13.6. The highest BCUT2D eigenvalue weighted by atomic mass is 32.2. The number of rotatable bonds is 11. The van der Waals surface area contributed by atoms with Crippen molar-refractivity contribution in [2.45, 2.75) is 50.5 Å². The molecule has 3 aromatic carbocycles. The van der Waals surface area contributed by atoms with Crippen LogP contribution in [0.5, 0.6) is 0 Å². The minimum atomic E-state index is -4.01. The maximum absolute atomic E-state index is 13.8. The summed E-state index contributed by atoms with van der Waals surface area (Å²) in [6, 6.07) is 23.5. The largest absolute Gasteiger partial charge is 0.466 e. The van der Waals surface area contributed by atoms with E-state index in [-0.39, 0.29) is 29.1 Å². The number of esters is 1. The molecule has 1 saturated heterocycles. The second-order valence-electron chi connectivity index (χ2n) is 10.0. The minimum Gasteiger partial charge on any atom is -0.466 e. The van der Waals surface area contributed by atoms with Crippen LogP contribution >= 0.6 is 0 Å². The van der Waals surface area contributed by atoms with Crippen LogP contribution in [-0.2, 0) is 30.8 Å². The lowest BCUT2D eigenvalue weighted by atomic mass is 9.97. The first kappa shape index (κ1) is 29.3. The molecule has 1 aliphatic rings. The van der Waals surface area contributed by atoms with Crippen molar-refractivity contribution in [1.82, 2.24) is 4.72 Å². The Morgan fingerprint density at radius 3 is 2.42 bits per heavy atom. The van der Waals surface area contributed by atoms with E-state index in [0.29, 0.717) is 43.9 Å². The Morgan fingerprint density at radius 1 is 1.02 bits per heavy atom. The molecule has 4 rings (SSSR count). The third kappa shape index (κ3) is 7.70. The van der Waals surface area contributed by atoms with Crippen molar-refractivity contribution in [2.24, 2.45) is 5.92 Å². The van der Waals surface area contributed by atoms with Crippen molar-refractivity contribution in [3.05, 3.63) is 90.0 Å². The lowest BCUT2D eigenvalue weighted by Gasteiger charge is -2.34. The molecule has 1 amide bonds. The number of carbonyl (C=O) groups excluding carboxylic acids is 2. The summed E-state index contributed by atoms with van der Waals surface area (Å²) in [7, 11) is -4.01. The number of ether oxygens (including phenoxy) is 1. The van der Waals surface area contributed by atoms with Crippen LogP contribution < -0.4 is 14.9 Å². The predicted molar refractivity (Wildman–Crippen MR) is 157 cm³/mol. The number of nitrogens with one attached hydrogen (secondary N) is 2. The van der Waals surface area contributed by atoms with E-state index in [1.54, 1.807) is 26.0 Å². The Hall–Kier alpha value is -3.69. The highest BCUT2D eigenvalue weighted by Gasteiger charge is 2.31. The fourth-order valence-corrected chi connectivity index (χ4v) is 6.43. The van der Waals surface area contributed by atoms with E-state index in [9.17, 15) is 18.0 Å². The van der Waals surface area contributed by atoms with E-state index < -0.39 is 16.1 Å². The Bertz CT molecular complexity index is 1400. The summed E-state index contributed by atoms with van der Waals surface area (Å²) in [4.78, 5) is 27.2. The van der Waals surface area contributed by atoms with E-state index >= 15 is 0 Å². The Labute approximate surface area is 236 Å². The van der Waals surface area contributed by atoms with Gasteiger partial charge < -0.3 is 15.0 Å². The van der Waals surface area contributed by atoms with Crippen LogP contribution in [0.25, 0.3) is 0 Å². The molecule has 1 fully saturated rings. The van der Waals surface area contributed by atoms with Gasteiger partial charge in [-0.2, -0.15) is 0 Å². The number of anilines is 2. The number of amides is 1. The molecule has 212 valence electrons. The van der Waals surface area contributed by atoms with Crippen molar-refractivity contribution in [3.8, 4) is 0 Å². The molecule has 8 nitrogen and oxygen atoms in total. The third-order valence-electron chi connectivity index (χ3n) is 7.03. The quantitative estimate of drug-likeness (QED) is 0.316. The van der Waals surface area contributed by atoms with Crippen molar-refractivity contribution < 1.29 is 22.7 Å². The first-order chi connectivity index (χ1) is 19.3. The van der Waals surface area contributed by atoms with Gasteiger partial charge in [0, 0.05) is 31.2 Å². The molecule has 0 bridgehead atoms. The van der Waals surface area contributed by atoms with Gasteiger partial charge in [-0.25, -0.2) is 13.1 Å². The minimum absolute atomic E-state index is 0.0562. The Morgan fingerprint density at radius 2 is 1.73 bits per heavy atom. The second-order valence-corrected chi connectivity index (χ2v) is 11.7. The van der Waals surface area contributed by atoms with Crippen molar-refractivity contribution in [1.29, 1.82) is 0 Å². The molecule has 0 unspecified atom stereocenters. The van der Waals surface area contributed by atoms with Crippen LogP contribution in [-0.4, -0.2) is 40.0 Å². The summed E-state index contributed by atoms with van der Waals surface area (Å²) < 4.78 is 35.6. The maximum atomic E-state index is 13.8. The van der Waals surface area contributed by atoms with Gasteiger partial charge in [-0.05, 0) is 62.4 Å². The Balaban J connectivity index is 1.60. The van der Waals surface area contributed by atoms with Gasteiger partial charge >= 0.3 is 5.97 Å². The first-order valence-corrected chi connectivity index (χ1v) is 15.2. The van der Waals surface area contributed by atoms with E-state index in [1.807, 2.05) is 65.6 Å². The predicted octanol–water partition coefficient (Wildman–Crippen LogP) is 5.08. The van der Waals surface area contributed by atoms with Crippen molar-refractivity contribution >= 4 is 33.3 Å². The fourth-order valence-electron chi connectivity index (χ4n) is 4.95. The van der Waals surface area contributed by atoms with Gasteiger partial charge in [-0.3, -0.25) is 9.59 Å². The number of nitrogens with zero attached hydrogens (tertiary/aromatic N) is 1. The third-order valence-corrected chi connectivity index (χ3v) is 8.60. The fraction of sp³-hybridized carbons (Fsp3) is 0.355. The molecule has 0 saturated carbocycles. The molecule has 0 aliphatic carbocycles. The van der Waals surface area contributed by atoms with E-state index in [0.717, 1.165) is 17.5 Å². The number of aryl methyl sites for hydroxylation is 1. The van der Waals surface area contributed by atoms with Crippen molar-refractivity contribution in [2.75, 3.05) is 29.9 Å². The maximum Gasteiger partial charge on any atom is 0.310 e. The monoisotopic (exact) mass is 563 g/mol. The van der Waals surface area contributed by atoms with Gasteiger partial charge in [0.15, 0.2) is 0 Å². The SMILES string of the molecule is CCOC(=O)[C@H]1CCCN(c2ccc(NC(=O)CCc3ccccc3)cc2S(=O)(=O)N[C@H](C)c2ccccc2)C1.